The molecule has 6 heteroatoms. The summed E-state index contributed by atoms with van der Waals surface area (Å²) in [4.78, 5) is 27.9. The number of anilines is 1. The molecule has 0 spiro atoms. The monoisotopic (exact) mass is 354 g/mol. The van der Waals surface area contributed by atoms with Gasteiger partial charge < -0.3 is 15.0 Å². The molecule has 1 saturated heterocycles. The fraction of sp³-hybridized carbons (Fsp3) is 0.158. The van der Waals surface area contributed by atoms with Gasteiger partial charge in [0.05, 0.1) is 10.6 Å². The second-order valence-electron chi connectivity index (χ2n) is 6.08. The Morgan fingerprint density at radius 2 is 1.96 bits per heavy atom. The molecule has 0 radical (unpaired) electrons. The van der Waals surface area contributed by atoms with Gasteiger partial charge in [0, 0.05) is 41.3 Å². The molecule has 2 heterocycles. The third-order valence-corrected chi connectivity index (χ3v) is 4.88. The normalized spacial score (nSPS) is 14.4. The molecule has 126 valence electrons. The summed E-state index contributed by atoms with van der Waals surface area (Å²) in [6, 6.07) is 11.1. The number of rotatable bonds is 3. The van der Waals surface area contributed by atoms with Gasteiger partial charge in [-0.25, -0.2) is 4.79 Å². The summed E-state index contributed by atoms with van der Waals surface area (Å²) in [7, 11) is 0. The molecule has 0 saturated carbocycles. The van der Waals surface area contributed by atoms with Crippen molar-refractivity contribution in [2.45, 2.75) is 12.8 Å². The Kier molecular flexibility index (Phi) is 3.73. The van der Waals surface area contributed by atoms with Crippen LogP contribution in [0.25, 0.3) is 22.0 Å². The Hall–Kier alpha value is -2.79. The van der Waals surface area contributed by atoms with Gasteiger partial charge >= 0.3 is 5.97 Å². The number of carbonyl (C=O) groups excluding carboxylic acids is 1. The summed E-state index contributed by atoms with van der Waals surface area (Å²) < 4.78 is 0. The van der Waals surface area contributed by atoms with Gasteiger partial charge in [0.1, 0.15) is 0 Å². The Labute approximate surface area is 148 Å². The largest absolute Gasteiger partial charge is 0.478 e. The molecule has 4 rings (SSSR count). The molecule has 1 aliphatic rings. The number of benzene rings is 2. The number of hydrogen-bond acceptors (Lipinski definition) is 2. The number of nitrogens with zero attached hydrogens (tertiary/aromatic N) is 1. The zero-order valence-electron chi connectivity index (χ0n) is 13.3. The van der Waals surface area contributed by atoms with E-state index in [1.165, 1.54) is 6.20 Å². The number of aromatic nitrogens is 1. The van der Waals surface area contributed by atoms with E-state index < -0.39 is 5.97 Å². The zero-order chi connectivity index (χ0) is 17.6. The summed E-state index contributed by atoms with van der Waals surface area (Å²) >= 11 is 6.38. The first kappa shape index (κ1) is 15.7. The summed E-state index contributed by atoms with van der Waals surface area (Å²) in [5, 5.41) is 10.4. The Morgan fingerprint density at radius 1 is 1.20 bits per heavy atom. The average Bonchev–Trinajstić information content (AvgIpc) is 3.20. The van der Waals surface area contributed by atoms with Crippen molar-refractivity contribution in [1.29, 1.82) is 0 Å². The molecule has 0 unspecified atom stereocenters. The minimum atomic E-state index is -0.984. The number of aromatic carboxylic acids is 1. The van der Waals surface area contributed by atoms with Crippen molar-refractivity contribution in [3.63, 3.8) is 0 Å². The van der Waals surface area contributed by atoms with Crippen molar-refractivity contribution in [2.75, 3.05) is 11.4 Å². The lowest BCUT2D eigenvalue weighted by Crippen LogP contribution is -2.23. The maximum absolute atomic E-state index is 11.8. The predicted octanol–water partition coefficient (Wildman–Crippen LogP) is 4.31. The summed E-state index contributed by atoms with van der Waals surface area (Å²) in [5.41, 5.74) is 3.41. The number of amides is 1. The number of H-pyrrole nitrogens is 1. The van der Waals surface area contributed by atoms with Crippen LogP contribution in [0.5, 0.6) is 0 Å². The van der Waals surface area contributed by atoms with Crippen molar-refractivity contribution in [1.82, 2.24) is 4.98 Å². The number of carbonyl (C=O) groups is 2. The molecule has 1 aromatic heterocycles. The third-order valence-electron chi connectivity index (χ3n) is 4.56. The average molecular weight is 355 g/mol. The van der Waals surface area contributed by atoms with Gasteiger partial charge in [0.15, 0.2) is 0 Å². The molecule has 2 N–H and O–H groups in total. The molecule has 3 aromatic rings. The van der Waals surface area contributed by atoms with Crippen LogP contribution in [0, 0.1) is 0 Å². The lowest BCUT2D eigenvalue weighted by molar-refractivity contribution is -0.117. The number of nitrogens with one attached hydrogen (secondary N) is 1. The van der Waals surface area contributed by atoms with Crippen LogP contribution in [0.3, 0.4) is 0 Å². The molecule has 1 aliphatic heterocycles. The first-order valence-corrected chi connectivity index (χ1v) is 8.37. The lowest BCUT2D eigenvalue weighted by atomic mass is 10.0. The highest BCUT2D eigenvalue weighted by Crippen LogP contribution is 2.34. The molecular formula is C19H15ClN2O3. The van der Waals surface area contributed by atoms with E-state index in [1.54, 1.807) is 17.0 Å². The highest BCUT2D eigenvalue weighted by molar-refractivity contribution is 6.34. The van der Waals surface area contributed by atoms with Crippen LogP contribution in [0.4, 0.5) is 5.69 Å². The topological polar surface area (TPSA) is 73.4 Å². The van der Waals surface area contributed by atoms with Gasteiger partial charge in [-0.3, -0.25) is 4.79 Å². The van der Waals surface area contributed by atoms with E-state index in [2.05, 4.69) is 4.98 Å². The van der Waals surface area contributed by atoms with Crippen molar-refractivity contribution >= 4 is 40.1 Å². The molecule has 1 amide bonds. The number of hydrogen-bond donors (Lipinski definition) is 2. The van der Waals surface area contributed by atoms with Crippen LogP contribution >= 0.6 is 11.6 Å². The van der Waals surface area contributed by atoms with Gasteiger partial charge in [-0.15, -0.1) is 0 Å². The minimum absolute atomic E-state index is 0.144. The standard InChI is InChI=1S/C19H15ClN2O3/c20-16-9-17-14(15(10-21-17)19(24)25)8-13(16)11-3-5-12(6-4-11)22-7-1-2-18(22)23/h3-6,8-10,21H,1-2,7H2,(H,24,25). The van der Waals surface area contributed by atoms with Crippen LogP contribution in [0.15, 0.2) is 42.6 Å². The third kappa shape index (κ3) is 2.66. The number of carboxylic acids is 1. The first-order chi connectivity index (χ1) is 12.0. The summed E-state index contributed by atoms with van der Waals surface area (Å²) in [6.45, 7) is 0.746. The summed E-state index contributed by atoms with van der Waals surface area (Å²) in [6.07, 6.45) is 2.94. The van der Waals surface area contributed by atoms with E-state index in [4.69, 9.17) is 11.6 Å². The van der Waals surface area contributed by atoms with Gasteiger partial charge in [-0.2, -0.15) is 0 Å². The van der Waals surface area contributed by atoms with Crippen LogP contribution in [0.2, 0.25) is 5.02 Å². The zero-order valence-corrected chi connectivity index (χ0v) is 14.0. The number of halogens is 1. The van der Waals surface area contributed by atoms with E-state index >= 15 is 0 Å². The van der Waals surface area contributed by atoms with Gasteiger partial charge in [0.2, 0.25) is 5.91 Å². The Bertz CT molecular complexity index is 992. The van der Waals surface area contributed by atoms with Crippen molar-refractivity contribution in [2.24, 2.45) is 0 Å². The van der Waals surface area contributed by atoms with E-state index in [0.717, 1.165) is 29.8 Å². The maximum atomic E-state index is 11.8. The maximum Gasteiger partial charge on any atom is 0.337 e. The fourth-order valence-electron chi connectivity index (χ4n) is 3.28. The van der Waals surface area contributed by atoms with Gasteiger partial charge in [0.25, 0.3) is 0 Å². The highest BCUT2D eigenvalue weighted by Gasteiger charge is 2.21. The van der Waals surface area contributed by atoms with Crippen molar-refractivity contribution in [3.05, 3.63) is 53.2 Å². The second-order valence-corrected chi connectivity index (χ2v) is 6.49. The van der Waals surface area contributed by atoms with Crippen LogP contribution in [-0.4, -0.2) is 28.5 Å². The summed E-state index contributed by atoms with van der Waals surface area (Å²) in [5.74, 6) is -0.840. The molecule has 0 bridgehead atoms. The molecule has 5 nitrogen and oxygen atoms in total. The molecular weight excluding hydrogens is 340 g/mol. The molecule has 25 heavy (non-hydrogen) atoms. The highest BCUT2D eigenvalue weighted by atomic mass is 35.5. The smallest absolute Gasteiger partial charge is 0.337 e. The van der Waals surface area contributed by atoms with E-state index in [9.17, 15) is 14.7 Å². The Balaban J connectivity index is 1.76. The van der Waals surface area contributed by atoms with Crippen LogP contribution in [0.1, 0.15) is 23.2 Å². The number of fused-ring (bicyclic) bond motifs is 1. The quantitative estimate of drug-likeness (QED) is 0.736. The van der Waals surface area contributed by atoms with E-state index in [-0.39, 0.29) is 11.5 Å². The number of carboxylic acid groups (broad SMARTS) is 1. The fourth-order valence-corrected chi connectivity index (χ4v) is 3.56. The lowest BCUT2D eigenvalue weighted by Gasteiger charge is -2.16. The molecule has 0 aliphatic carbocycles. The van der Waals surface area contributed by atoms with Crippen LogP contribution < -0.4 is 4.90 Å². The van der Waals surface area contributed by atoms with E-state index in [1.807, 2.05) is 24.3 Å². The SMILES string of the molecule is O=C(O)c1c[nH]c2cc(Cl)c(-c3ccc(N4CCCC4=O)cc3)cc12. The molecule has 2 aromatic carbocycles. The van der Waals surface area contributed by atoms with E-state index in [0.29, 0.717) is 22.3 Å². The minimum Gasteiger partial charge on any atom is -0.478 e. The molecule has 0 atom stereocenters. The Morgan fingerprint density at radius 3 is 2.60 bits per heavy atom. The predicted molar refractivity (Wildman–Crippen MR) is 97.3 cm³/mol. The van der Waals surface area contributed by atoms with Crippen molar-refractivity contribution < 1.29 is 14.7 Å². The van der Waals surface area contributed by atoms with Gasteiger partial charge in [-0.1, -0.05) is 23.7 Å². The van der Waals surface area contributed by atoms with Crippen molar-refractivity contribution in [3.8, 4) is 11.1 Å². The number of aromatic amines is 1. The van der Waals surface area contributed by atoms with Gasteiger partial charge in [-0.05, 0) is 36.2 Å². The molecule has 1 fully saturated rings. The van der Waals surface area contributed by atoms with Crippen LogP contribution in [-0.2, 0) is 4.79 Å². The second kappa shape index (κ2) is 5.93. The first-order valence-electron chi connectivity index (χ1n) is 7.99.